The van der Waals surface area contributed by atoms with Gasteiger partial charge in [-0.1, -0.05) is 48.5 Å². The summed E-state index contributed by atoms with van der Waals surface area (Å²) >= 11 is 0. The number of nitrogens with zero attached hydrogens (tertiary/aromatic N) is 3. The fourth-order valence-electron chi connectivity index (χ4n) is 5.25. The Morgan fingerprint density at radius 2 is 1.79 bits per heavy atom. The molecule has 0 bridgehead atoms. The van der Waals surface area contributed by atoms with Gasteiger partial charge in [-0.15, -0.1) is 0 Å². The lowest BCUT2D eigenvalue weighted by Gasteiger charge is -2.34. The Bertz CT molecular complexity index is 1270. The molecule has 2 aromatic heterocycles. The van der Waals surface area contributed by atoms with E-state index in [4.69, 9.17) is 0 Å². The smallest absolute Gasteiger partial charge is 0.234 e. The summed E-state index contributed by atoms with van der Waals surface area (Å²) in [6.45, 7) is 1.95. The molecule has 1 atom stereocenters. The Kier molecular flexibility index (Phi) is 5.03. The molecule has 7 nitrogen and oxygen atoms in total. The van der Waals surface area contributed by atoms with Gasteiger partial charge >= 0.3 is 0 Å². The van der Waals surface area contributed by atoms with Crippen molar-refractivity contribution in [3.63, 3.8) is 0 Å². The molecule has 166 valence electrons. The lowest BCUT2D eigenvalue weighted by atomic mass is 10.0. The maximum absolute atomic E-state index is 12.9. The van der Waals surface area contributed by atoms with Crippen LogP contribution in [0.2, 0.25) is 0 Å². The van der Waals surface area contributed by atoms with E-state index in [-0.39, 0.29) is 24.5 Å². The number of anilines is 1. The van der Waals surface area contributed by atoms with Crippen molar-refractivity contribution in [1.82, 2.24) is 25.6 Å². The van der Waals surface area contributed by atoms with E-state index >= 15 is 0 Å². The SMILES string of the molecule is O=C(CNC1c2ccccc2-c2ccccc21)N[C@@H]1CCCN(c2ncnc3[nH]ccc23)C1. The number of H-pyrrole nitrogens is 1. The third kappa shape index (κ3) is 3.64. The second-order valence-electron chi connectivity index (χ2n) is 8.78. The van der Waals surface area contributed by atoms with E-state index < -0.39 is 0 Å². The van der Waals surface area contributed by atoms with Gasteiger partial charge in [0.1, 0.15) is 17.8 Å². The van der Waals surface area contributed by atoms with Gasteiger partial charge in [-0.25, -0.2) is 9.97 Å². The molecule has 0 saturated carbocycles. The highest BCUT2D eigenvalue weighted by Crippen LogP contribution is 2.42. The van der Waals surface area contributed by atoms with Crippen molar-refractivity contribution in [3.05, 3.63) is 78.2 Å². The fraction of sp³-hybridized carbons (Fsp3) is 0.269. The predicted octanol–water partition coefficient (Wildman–Crippen LogP) is 3.40. The van der Waals surface area contributed by atoms with Crippen LogP contribution in [0, 0.1) is 0 Å². The van der Waals surface area contributed by atoms with Crippen LogP contribution in [0.15, 0.2) is 67.1 Å². The summed E-state index contributed by atoms with van der Waals surface area (Å²) in [5.74, 6) is 0.954. The van der Waals surface area contributed by atoms with Crippen molar-refractivity contribution in [1.29, 1.82) is 0 Å². The monoisotopic (exact) mass is 438 g/mol. The number of aromatic nitrogens is 3. The molecular formula is C26H26N6O. The number of carbonyl (C=O) groups excluding carboxylic acids is 1. The molecule has 6 rings (SSSR count). The normalized spacial score (nSPS) is 17.7. The molecule has 0 unspecified atom stereocenters. The van der Waals surface area contributed by atoms with Crippen LogP contribution < -0.4 is 15.5 Å². The van der Waals surface area contributed by atoms with Gasteiger partial charge in [-0.05, 0) is 41.2 Å². The summed E-state index contributed by atoms with van der Waals surface area (Å²) in [6.07, 6.45) is 5.46. The van der Waals surface area contributed by atoms with E-state index in [2.05, 4.69) is 79.0 Å². The number of hydrogen-bond acceptors (Lipinski definition) is 5. The Balaban J connectivity index is 1.12. The van der Waals surface area contributed by atoms with Gasteiger partial charge in [-0.2, -0.15) is 0 Å². The molecule has 3 heterocycles. The maximum Gasteiger partial charge on any atom is 0.234 e. The van der Waals surface area contributed by atoms with Crippen LogP contribution in [0.25, 0.3) is 22.2 Å². The molecule has 1 aliphatic heterocycles. The molecule has 33 heavy (non-hydrogen) atoms. The number of nitrogens with one attached hydrogen (secondary N) is 3. The van der Waals surface area contributed by atoms with Crippen molar-refractivity contribution in [2.45, 2.75) is 24.9 Å². The van der Waals surface area contributed by atoms with Crippen LogP contribution in [-0.2, 0) is 4.79 Å². The number of rotatable bonds is 5. The summed E-state index contributed by atoms with van der Waals surface area (Å²) in [4.78, 5) is 27.1. The first-order chi connectivity index (χ1) is 16.3. The van der Waals surface area contributed by atoms with Crippen LogP contribution in [0.3, 0.4) is 0 Å². The van der Waals surface area contributed by atoms with E-state index in [1.165, 1.54) is 22.3 Å². The molecule has 1 fully saturated rings. The van der Waals surface area contributed by atoms with Gasteiger partial charge < -0.3 is 15.2 Å². The quantitative estimate of drug-likeness (QED) is 0.445. The molecule has 0 spiro atoms. The van der Waals surface area contributed by atoms with Crippen LogP contribution >= 0.6 is 0 Å². The van der Waals surface area contributed by atoms with Gasteiger partial charge in [0.05, 0.1) is 18.0 Å². The third-order valence-corrected chi connectivity index (χ3v) is 6.72. The second-order valence-corrected chi connectivity index (χ2v) is 8.78. The summed E-state index contributed by atoms with van der Waals surface area (Å²) in [5, 5.41) is 7.75. The van der Waals surface area contributed by atoms with Crippen molar-refractivity contribution in [2.75, 3.05) is 24.5 Å². The summed E-state index contributed by atoms with van der Waals surface area (Å²) in [5.41, 5.74) is 5.79. The Morgan fingerprint density at radius 1 is 1.03 bits per heavy atom. The number of hydrogen-bond donors (Lipinski definition) is 3. The van der Waals surface area contributed by atoms with Crippen molar-refractivity contribution < 1.29 is 4.79 Å². The van der Waals surface area contributed by atoms with Gasteiger partial charge in [-0.3, -0.25) is 10.1 Å². The van der Waals surface area contributed by atoms with Crippen LogP contribution in [0.1, 0.15) is 30.0 Å². The van der Waals surface area contributed by atoms with Gasteiger partial charge in [0.2, 0.25) is 5.91 Å². The second kappa shape index (κ2) is 8.33. The highest BCUT2D eigenvalue weighted by Gasteiger charge is 2.29. The zero-order chi connectivity index (χ0) is 22.2. The highest BCUT2D eigenvalue weighted by atomic mass is 16.2. The van der Waals surface area contributed by atoms with E-state index in [1.807, 2.05) is 12.3 Å². The maximum atomic E-state index is 12.9. The average molecular weight is 439 g/mol. The zero-order valence-corrected chi connectivity index (χ0v) is 18.3. The van der Waals surface area contributed by atoms with Gasteiger partial charge in [0.25, 0.3) is 0 Å². The van der Waals surface area contributed by atoms with E-state index in [0.717, 1.165) is 42.8 Å². The van der Waals surface area contributed by atoms with Crippen LogP contribution in [-0.4, -0.2) is 46.5 Å². The number of benzene rings is 2. The summed E-state index contributed by atoms with van der Waals surface area (Å²) < 4.78 is 0. The van der Waals surface area contributed by atoms with Crippen molar-refractivity contribution >= 4 is 22.8 Å². The fourth-order valence-corrected chi connectivity index (χ4v) is 5.25. The van der Waals surface area contributed by atoms with E-state index in [0.29, 0.717) is 0 Å². The molecule has 1 amide bonds. The summed E-state index contributed by atoms with van der Waals surface area (Å²) in [7, 11) is 0. The summed E-state index contributed by atoms with van der Waals surface area (Å²) in [6, 6.07) is 19.0. The molecule has 7 heteroatoms. The number of amides is 1. The first kappa shape index (κ1) is 19.9. The Morgan fingerprint density at radius 3 is 2.58 bits per heavy atom. The molecular weight excluding hydrogens is 412 g/mol. The Labute approximate surface area is 192 Å². The molecule has 2 aromatic carbocycles. The lowest BCUT2D eigenvalue weighted by molar-refractivity contribution is -0.121. The third-order valence-electron chi connectivity index (χ3n) is 6.72. The molecule has 1 saturated heterocycles. The molecule has 1 aliphatic carbocycles. The van der Waals surface area contributed by atoms with Crippen LogP contribution in [0.5, 0.6) is 0 Å². The average Bonchev–Trinajstić information content (AvgIpc) is 3.46. The first-order valence-corrected chi connectivity index (χ1v) is 11.5. The minimum atomic E-state index is 0.0261. The number of fused-ring (bicyclic) bond motifs is 4. The topological polar surface area (TPSA) is 85.9 Å². The number of aromatic amines is 1. The lowest BCUT2D eigenvalue weighted by Crippen LogP contribution is -2.50. The number of carbonyl (C=O) groups is 1. The predicted molar refractivity (Wildman–Crippen MR) is 129 cm³/mol. The number of piperidine rings is 1. The van der Waals surface area contributed by atoms with Gasteiger partial charge in [0.15, 0.2) is 0 Å². The van der Waals surface area contributed by atoms with Crippen molar-refractivity contribution in [2.24, 2.45) is 0 Å². The minimum absolute atomic E-state index is 0.0261. The molecule has 4 aromatic rings. The largest absolute Gasteiger partial charge is 0.354 e. The Hall–Kier alpha value is -3.71. The van der Waals surface area contributed by atoms with Gasteiger partial charge in [0, 0.05) is 25.3 Å². The molecule has 3 N–H and O–H groups in total. The zero-order valence-electron chi connectivity index (χ0n) is 18.3. The van der Waals surface area contributed by atoms with Crippen molar-refractivity contribution in [3.8, 4) is 11.1 Å². The van der Waals surface area contributed by atoms with E-state index in [1.54, 1.807) is 6.33 Å². The first-order valence-electron chi connectivity index (χ1n) is 11.5. The molecule has 0 radical (unpaired) electrons. The standard InChI is InChI=1S/C26H26N6O/c33-23(14-28-24-20-9-3-1-7-18(20)19-8-2-4-10-21(19)24)31-17-6-5-13-32(15-17)26-22-11-12-27-25(22)29-16-30-26/h1-4,7-12,16-17,24,28H,5-6,13-15H2,(H,31,33)(H,27,29,30)/t17-/m1/s1. The molecule has 2 aliphatic rings. The van der Waals surface area contributed by atoms with E-state index in [9.17, 15) is 4.79 Å². The minimum Gasteiger partial charge on any atom is -0.354 e. The van der Waals surface area contributed by atoms with Crippen LogP contribution in [0.4, 0.5) is 5.82 Å². The highest BCUT2D eigenvalue weighted by molar-refractivity contribution is 5.87.